The molecule has 0 aliphatic heterocycles. The molecule has 12 heavy (non-hydrogen) atoms. The van der Waals surface area contributed by atoms with Crippen molar-refractivity contribution in [2.24, 2.45) is 0 Å². The Hall–Kier alpha value is 0.860. The second kappa shape index (κ2) is 14.4. The van der Waals surface area contributed by atoms with Crippen LogP contribution in [0.5, 0.6) is 0 Å². The van der Waals surface area contributed by atoms with E-state index in [9.17, 15) is 19.8 Å². The van der Waals surface area contributed by atoms with Gasteiger partial charge in [0.15, 0.2) is 0 Å². The molecule has 0 bridgehead atoms. The van der Waals surface area contributed by atoms with Crippen molar-refractivity contribution in [2.45, 2.75) is 0 Å². The topological polar surface area (TPSA) is 124 Å². The quantitative estimate of drug-likeness (QED) is 0.446. The zero-order valence-electron chi connectivity index (χ0n) is 7.05. The Kier molecular flexibility index (Phi) is 27.6. The molecule has 0 aromatic heterocycles. The van der Waals surface area contributed by atoms with Gasteiger partial charge in [0.25, 0.3) is 0 Å². The number of hydrogen-bond acceptors (Lipinski definition) is 5. The van der Waals surface area contributed by atoms with Crippen molar-refractivity contribution in [3.63, 3.8) is 0 Å². The molecular weight excluding hydrogens is 188 g/mol. The molecule has 0 aromatic rings. The number of rotatable bonds is 4. The average molecular weight is 195 g/mol. The number of nitrogens with one attached hydrogen (secondary N) is 1. The van der Waals surface area contributed by atoms with Crippen LogP contribution in [-0.4, -0.2) is 30.5 Å². The maximum atomic E-state index is 9.59. The molecule has 60 valence electrons. The van der Waals surface area contributed by atoms with Crippen LogP contribution >= 0.6 is 0 Å². The fraction of sp³-hybridized carbons (Fsp3) is 0.500. The molecule has 0 rings (SSSR count). The molecule has 0 spiro atoms. The number of hydrogen-bond donors (Lipinski definition) is 1. The molecule has 0 amide bonds. The predicted molar refractivity (Wildman–Crippen MR) is 26.5 cm³/mol. The summed E-state index contributed by atoms with van der Waals surface area (Å²) in [4.78, 5) is 19.2. The Bertz CT molecular complexity index is 117. The van der Waals surface area contributed by atoms with Crippen molar-refractivity contribution in [1.82, 2.24) is 5.32 Å². The third-order valence-electron chi connectivity index (χ3n) is 0.539. The van der Waals surface area contributed by atoms with Crippen LogP contribution in [0, 0.1) is 0 Å². The number of carboxylic acid groups (broad SMARTS) is 2. The summed E-state index contributed by atoms with van der Waals surface area (Å²) in [5.41, 5.74) is 0. The molecule has 0 aromatic carbocycles. The minimum absolute atomic E-state index is 0. The summed E-state index contributed by atoms with van der Waals surface area (Å²) in [7, 11) is 0. The van der Waals surface area contributed by atoms with Gasteiger partial charge >= 0.3 is 59.1 Å². The van der Waals surface area contributed by atoms with E-state index in [-0.39, 0.29) is 64.6 Å². The van der Waals surface area contributed by atoms with E-state index in [2.05, 4.69) is 5.32 Å². The summed E-state index contributed by atoms with van der Waals surface area (Å²) in [5, 5.41) is 21.2. The van der Waals surface area contributed by atoms with Crippen LogP contribution in [0.3, 0.4) is 0 Å². The van der Waals surface area contributed by atoms with E-state index in [1.807, 2.05) is 0 Å². The third-order valence-corrected chi connectivity index (χ3v) is 0.539. The Morgan fingerprint density at radius 1 is 1.00 bits per heavy atom. The van der Waals surface area contributed by atoms with Crippen LogP contribution < -0.4 is 74.6 Å². The average Bonchev–Trinajstić information content (AvgIpc) is 1.63. The normalized spacial score (nSPS) is 6.67. The molecule has 8 heteroatoms. The Morgan fingerprint density at radius 2 is 1.25 bits per heavy atom. The third kappa shape index (κ3) is 22.4. The Balaban J connectivity index is -0.000000107. The molecule has 0 aliphatic carbocycles. The van der Waals surface area contributed by atoms with Crippen LogP contribution in [0.2, 0.25) is 0 Å². The smallest absolute Gasteiger partial charge is 0.549 e. The zero-order chi connectivity index (χ0) is 7.28. The predicted octanol–water partition coefficient (Wildman–Crippen LogP) is -10.7. The van der Waals surface area contributed by atoms with E-state index in [1.165, 1.54) is 0 Å². The molecule has 0 heterocycles. The summed E-state index contributed by atoms with van der Waals surface area (Å²) in [6.07, 6.45) is 0. The summed E-state index contributed by atoms with van der Waals surface area (Å²) < 4.78 is 0. The van der Waals surface area contributed by atoms with Gasteiger partial charge in [-0.3, -0.25) is 0 Å². The Labute approximate surface area is 114 Å². The van der Waals surface area contributed by atoms with Crippen LogP contribution in [0.15, 0.2) is 0 Å². The summed E-state index contributed by atoms with van der Waals surface area (Å²) in [5.74, 6) is -2.67. The van der Waals surface area contributed by atoms with Gasteiger partial charge in [0.1, 0.15) is 0 Å². The van der Waals surface area contributed by atoms with E-state index < -0.39 is 25.0 Å². The first-order valence-corrected chi connectivity index (χ1v) is 2.23. The molecule has 6 nitrogen and oxygen atoms in total. The van der Waals surface area contributed by atoms with Gasteiger partial charge in [0.05, 0.1) is 11.9 Å². The fourth-order valence-electron chi connectivity index (χ4n) is 0.267. The molecule has 0 radical (unpaired) electrons. The first kappa shape index (κ1) is 23.0. The van der Waals surface area contributed by atoms with Gasteiger partial charge in [-0.2, -0.15) is 0 Å². The minimum Gasteiger partial charge on any atom is -0.549 e. The number of aliphatic carboxylic acids is 2. The summed E-state index contributed by atoms with van der Waals surface area (Å²) in [6.45, 7) is -0.929. The first-order valence-electron chi connectivity index (χ1n) is 2.23. The number of carboxylic acids is 2. The van der Waals surface area contributed by atoms with E-state index in [4.69, 9.17) is 0 Å². The van der Waals surface area contributed by atoms with Gasteiger partial charge in [-0.1, -0.05) is 0 Å². The summed E-state index contributed by atoms with van der Waals surface area (Å²) >= 11 is 0. The van der Waals surface area contributed by atoms with E-state index in [0.29, 0.717) is 0 Å². The monoisotopic (exact) mass is 195 g/mol. The minimum atomic E-state index is -1.34. The van der Waals surface area contributed by atoms with Gasteiger partial charge in [0.2, 0.25) is 0 Å². The van der Waals surface area contributed by atoms with Gasteiger partial charge in [-0.25, -0.2) is 0 Å². The van der Waals surface area contributed by atoms with E-state index >= 15 is 0 Å². The largest absolute Gasteiger partial charge is 1.00 e. The van der Waals surface area contributed by atoms with Gasteiger partial charge < -0.3 is 30.6 Å². The van der Waals surface area contributed by atoms with Crippen molar-refractivity contribution in [3.05, 3.63) is 0 Å². The van der Waals surface area contributed by atoms with Crippen molar-refractivity contribution in [2.75, 3.05) is 13.1 Å². The maximum absolute atomic E-state index is 9.59. The molecule has 3 N–H and O–H groups in total. The molecule has 0 saturated heterocycles. The number of carbonyl (C=O) groups excluding carboxylic acids is 2. The maximum Gasteiger partial charge on any atom is 1.00 e. The van der Waals surface area contributed by atoms with Gasteiger partial charge in [-0.05, 0) is 0 Å². The van der Waals surface area contributed by atoms with Crippen LogP contribution in [-0.2, 0) is 9.59 Å². The van der Waals surface area contributed by atoms with Crippen molar-refractivity contribution < 1.29 is 84.4 Å². The molecular formula is C4H7NNa2O5. The standard InChI is InChI=1S/C4H7NO4.2Na.H2O/c6-3(7)1-5-2-4(8)9;;;/h5H,1-2H2,(H,6,7)(H,8,9);;;1H2/q;2*+1;/p-2. The molecule has 0 saturated carbocycles. The zero-order valence-corrected chi connectivity index (χ0v) is 11.0. The Morgan fingerprint density at radius 3 is 1.42 bits per heavy atom. The fourth-order valence-corrected chi connectivity index (χ4v) is 0.267. The van der Waals surface area contributed by atoms with Crippen molar-refractivity contribution in [3.8, 4) is 0 Å². The van der Waals surface area contributed by atoms with Crippen molar-refractivity contribution >= 4 is 11.9 Å². The molecule has 0 fully saturated rings. The van der Waals surface area contributed by atoms with Crippen LogP contribution in [0.4, 0.5) is 0 Å². The number of carbonyl (C=O) groups is 2. The molecule has 0 atom stereocenters. The van der Waals surface area contributed by atoms with Gasteiger partial charge in [-0.15, -0.1) is 0 Å². The van der Waals surface area contributed by atoms with E-state index in [0.717, 1.165) is 0 Å². The van der Waals surface area contributed by atoms with Crippen LogP contribution in [0.1, 0.15) is 0 Å². The van der Waals surface area contributed by atoms with Crippen LogP contribution in [0.25, 0.3) is 0 Å². The molecule has 0 unspecified atom stereocenters. The second-order valence-corrected chi connectivity index (χ2v) is 1.35. The first-order chi connectivity index (χ1) is 4.13. The van der Waals surface area contributed by atoms with E-state index in [1.54, 1.807) is 0 Å². The van der Waals surface area contributed by atoms with Crippen molar-refractivity contribution in [1.29, 1.82) is 0 Å². The second-order valence-electron chi connectivity index (χ2n) is 1.35. The summed E-state index contributed by atoms with van der Waals surface area (Å²) in [6, 6.07) is 0. The van der Waals surface area contributed by atoms with Gasteiger partial charge in [0, 0.05) is 13.1 Å². The SMILES string of the molecule is O.O=C([O-])CNCC(=O)[O-].[Na+].[Na+]. The molecule has 0 aliphatic rings.